The minimum absolute atomic E-state index is 0.201. The second-order valence-electron chi connectivity index (χ2n) is 5.67. The molecule has 0 amide bonds. The van der Waals surface area contributed by atoms with Crippen LogP contribution in [0.5, 0.6) is 0 Å². The molecule has 0 aliphatic heterocycles. The van der Waals surface area contributed by atoms with Crippen molar-refractivity contribution in [3.05, 3.63) is 35.9 Å². The summed E-state index contributed by atoms with van der Waals surface area (Å²) in [5, 5.41) is 0. The van der Waals surface area contributed by atoms with E-state index >= 15 is 0 Å². The highest BCUT2D eigenvalue weighted by Crippen LogP contribution is 2.29. The summed E-state index contributed by atoms with van der Waals surface area (Å²) in [5.74, 6) is 1.15. The molecule has 1 aromatic rings. The first-order valence-electron chi connectivity index (χ1n) is 7.00. The topological polar surface area (TPSA) is 43.1 Å². The molecule has 2 N–H and O–H groups in total. The zero-order chi connectivity index (χ0) is 13.0. The Morgan fingerprint density at radius 1 is 1.33 bits per heavy atom. The van der Waals surface area contributed by atoms with Crippen molar-refractivity contribution >= 4 is 5.78 Å². The molecule has 1 saturated carbocycles. The third-order valence-electron chi connectivity index (χ3n) is 4.00. The van der Waals surface area contributed by atoms with Crippen molar-refractivity contribution in [3.8, 4) is 0 Å². The van der Waals surface area contributed by atoms with Crippen molar-refractivity contribution < 1.29 is 4.79 Å². The van der Waals surface area contributed by atoms with Crippen molar-refractivity contribution in [1.82, 2.24) is 0 Å². The van der Waals surface area contributed by atoms with Crippen LogP contribution in [0.2, 0.25) is 0 Å². The normalized spacial score (nSPS) is 25.7. The van der Waals surface area contributed by atoms with Gasteiger partial charge in [-0.05, 0) is 30.7 Å². The van der Waals surface area contributed by atoms with Gasteiger partial charge in [-0.3, -0.25) is 4.79 Å². The van der Waals surface area contributed by atoms with E-state index in [4.69, 9.17) is 5.73 Å². The minimum Gasteiger partial charge on any atom is -0.321 e. The predicted molar refractivity (Wildman–Crippen MR) is 74.3 cm³/mol. The number of hydrogen-bond donors (Lipinski definition) is 1. The van der Waals surface area contributed by atoms with Gasteiger partial charge in [0.2, 0.25) is 0 Å². The zero-order valence-corrected chi connectivity index (χ0v) is 11.1. The molecule has 0 spiro atoms. The first kappa shape index (κ1) is 13.3. The van der Waals surface area contributed by atoms with Crippen molar-refractivity contribution in [2.24, 2.45) is 17.6 Å². The van der Waals surface area contributed by atoms with Gasteiger partial charge in [-0.25, -0.2) is 0 Å². The van der Waals surface area contributed by atoms with E-state index in [0.29, 0.717) is 12.3 Å². The maximum atomic E-state index is 12.3. The van der Waals surface area contributed by atoms with E-state index in [1.807, 2.05) is 30.3 Å². The van der Waals surface area contributed by atoms with E-state index in [1.165, 1.54) is 12.8 Å². The Morgan fingerprint density at radius 2 is 2.06 bits per heavy atom. The summed E-state index contributed by atoms with van der Waals surface area (Å²) in [5.41, 5.74) is 7.23. The Labute approximate surface area is 110 Å². The van der Waals surface area contributed by atoms with Gasteiger partial charge in [0.15, 0.2) is 5.78 Å². The molecule has 2 rings (SSSR count). The first-order valence-corrected chi connectivity index (χ1v) is 7.00. The summed E-state index contributed by atoms with van der Waals surface area (Å²) in [6.45, 7) is 2.24. The molecule has 98 valence electrons. The van der Waals surface area contributed by atoms with Gasteiger partial charge in [0.05, 0.1) is 6.04 Å². The average Bonchev–Trinajstić information content (AvgIpc) is 2.39. The molecule has 3 unspecified atom stereocenters. The molecule has 1 aromatic carbocycles. The van der Waals surface area contributed by atoms with Crippen molar-refractivity contribution in [1.29, 1.82) is 0 Å². The molecule has 0 aromatic heterocycles. The van der Waals surface area contributed by atoms with E-state index in [2.05, 4.69) is 6.92 Å². The monoisotopic (exact) mass is 245 g/mol. The number of benzene rings is 1. The Morgan fingerprint density at radius 3 is 2.72 bits per heavy atom. The van der Waals surface area contributed by atoms with Crippen LogP contribution in [0.15, 0.2) is 30.3 Å². The summed E-state index contributed by atoms with van der Waals surface area (Å²) < 4.78 is 0. The number of carbonyl (C=O) groups is 1. The van der Waals surface area contributed by atoms with Gasteiger partial charge < -0.3 is 5.73 Å². The summed E-state index contributed by atoms with van der Waals surface area (Å²) in [7, 11) is 0. The van der Waals surface area contributed by atoms with Gasteiger partial charge in [-0.2, -0.15) is 0 Å². The van der Waals surface area contributed by atoms with Crippen LogP contribution >= 0.6 is 0 Å². The summed E-state index contributed by atoms with van der Waals surface area (Å²) in [6, 6.07) is 9.72. The minimum atomic E-state index is -0.331. The number of rotatable bonds is 4. The Kier molecular flexibility index (Phi) is 4.54. The van der Waals surface area contributed by atoms with Gasteiger partial charge >= 0.3 is 0 Å². The van der Waals surface area contributed by atoms with Gasteiger partial charge in [0.25, 0.3) is 0 Å². The molecule has 1 aliphatic carbocycles. The molecule has 0 heterocycles. The van der Waals surface area contributed by atoms with E-state index in [0.717, 1.165) is 18.4 Å². The van der Waals surface area contributed by atoms with Crippen LogP contribution in [0.3, 0.4) is 0 Å². The fourth-order valence-corrected chi connectivity index (χ4v) is 2.96. The van der Waals surface area contributed by atoms with Crippen LogP contribution in [-0.4, -0.2) is 11.8 Å². The van der Waals surface area contributed by atoms with Crippen LogP contribution in [0.25, 0.3) is 0 Å². The molecular weight excluding hydrogens is 222 g/mol. The smallest absolute Gasteiger partial charge is 0.152 e. The molecule has 1 aliphatic rings. The van der Waals surface area contributed by atoms with E-state index in [9.17, 15) is 4.79 Å². The number of carbonyl (C=O) groups excluding carboxylic acids is 1. The second kappa shape index (κ2) is 6.14. The van der Waals surface area contributed by atoms with Gasteiger partial charge in [0, 0.05) is 5.92 Å². The van der Waals surface area contributed by atoms with Crippen molar-refractivity contribution in [3.63, 3.8) is 0 Å². The highest BCUT2D eigenvalue weighted by molar-refractivity contribution is 5.86. The molecule has 18 heavy (non-hydrogen) atoms. The number of nitrogens with two attached hydrogens (primary N) is 1. The summed E-state index contributed by atoms with van der Waals surface area (Å²) >= 11 is 0. The number of hydrogen-bond acceptors (Lipinski definition) is 2. The van der Waals surface area contributed by atoms with E-state index in [-0.39, 0.29) is 17.7 Å². The van der Waals surface area contributed by atoms with Crippen LogP contribution in [-0.2, 0) is 11.2 Å². The van der Waals surface area contributed by atoms with E-state index in [1.54, 1.807) is 0 Å². The standard InChI is InChI=1S/C16H23NO/c1-12-6-5-9-14(10-12)16(18)15(17)11-13-7-3-2-4-8-13/h2-4,7-8,12,14-15H,5-6,9-11,17H2,1H3. The lowest BCUT2D eigenvalue weighted by molar-refractivity contribution is -0.125. The predicted octanol–water partition coefficient (Wildman–Crippen LogP) is 2.95. The number of Topliss-reactive ketones (excluding diaryl/α,β-unsaturated/α-hetero) is 1. The summed E-state index contributed by atoms with van der Waals surface area (Å²) in [6.07, 6.45) is 5.17. The number of ketones is 1. The maximum Gasteiger partial charge on any atom is 0.152 e. The summed E-state index contributed by atoms with van der Waals surface area (Å²) in [4.78, 5) is 12.3. The van der Waals surface area contributed by atoms with Gasteiger partial charge in [-0.15, -0.1) is 0 Å². The molecule has 1 fully saturated rings. The molecule has 2 nitrogen and oxygen atoms in total. The van der Waals surface area contributed by atoms with Gasteiger partial charge in [0.1, 0.15) is 0 Å². The van der Waals surface area contributed by atoms with Crippen LogP contribution < -0.4 is 5.73 Å². The zero-order valence-electron chi connectivity index (χ0n) is 11.1. The third-order valence-corrected chi connectivity index (χ3v) is 4.00. The fourth-order valence-electron chi connectivity index (χ4n) is 2.96. The first-order chi connectivity index (χ1) is 8.66. The average molecular weight is 245 g/mol. The quantitative estimate of drug-likeness (QED) is 0.886. The van der Waals surface area contributed by atoms with Gasteiger partial charge in [-0.1, -0.05) is 50.1 Å². The molecule has 0 radical (unpaired) electrons. The van der Waals surface area contributed by atoms with E-state index < -0.39 is 0 Å². The highest BCUT2D eigenvalue weighted by Gasteiger charge is 2.28. The Balaban J connectivity index is 1.92. The second-order valence-corrected chi connectivity index (χ2v) is 5.67. The lowest BCUT2D eigenvalue weighted by Crippen LogP contribution is -2.39. The molecule has 3 atom stereocenters. The molecule has 2 heteroatoms. The Hall–Kier alpha value is -1.15. The van der Waals surface area contributed by atoms with Crippen LogP contribution in [0.4, 0.5) is 0 Å². The van der Waals surface area contributed by atoms with Crippen LogP contribution in [0, 0.1) is 11.8 Å². The van der Waals surface area contributed by atoms with Crippen molar-refractivity contribution in [2.75, 3.05) is 0 Å². The largest absolute Gasteiger partial charge is 0.321 e. The lowest BCUT2D eigenvalue weighted by atomic mass is 9.78. The fraction of sp³-hybridized carbons (Fsp3) is 0.562. The molecule has 0 saturated heterocycles. The highest BCUT2D eigenvalue weighted by atomic mass is 16.1. The molecular formula is C16H23NO. The van der Waals surface area contributed by atoms with Crippen molar-refractivity contribution in [2.45, 2.75) is 45.1 Å². The maximum absolute atomic E-state index is 12.3. The van der Waals surface area contributed by atoms with Crippen LogP contribution in [0.1, 0.15) is 38.2 Å². The molecule has 0 bridgehead atoms. The lowest BCUT2D eigenvalue weighted by Gasteiger charge is -2.27. The Bertz CT molecular complexity index is 387. The third kappa shape index (κ3) is 3.42. The SMILES string of the molecule is CC1CCCC(C(=O)C(N)Cc2ccccc2)C1.